The fraction of sp³-hybridized carbons (Fsp3) is 0.500. The van der Waals surface area contributed by atoms with E-state index in [4.69, 9.17) is 30.0 Å². The van der Waals surface area contributed by atoms with Gasteiger partial charge in [0, 0.05) is 0 Å². The van der Waals surface area contributed by atoms with Crippen molar-refractivity contribution in [3.8, 4) is 0 Å². The highest BCUT2D eigenvalue weighted by Crippen LogP contribution is 2.46. The molecule has 4 aromatic heterocycles. The molecule has 42 heavy (non-hydrogen) atoms. The first-order valence-corrected chi connectivity index (χ1v) is 13.7. The number of phosphoric acid groups is 1. The number of ether oxygens (including phenoxy) is 2. The Morgan fingerprint density at radius 2 is 1.64 bits per heavy atom. The zero-order chi connectivity index (χ0) is 29.9. The van der Waals surface area contributed by atoms with Gasteiger partial charge >= 0.3 is 0 Å². The van der Waals surface area contributed by atoms with Gasteiger partial charge in [-0.2, -0.15) is 4.98 Å². The van der Waals surface area contributed by atoms with Crippen LogP contribution >= 0.6 is 7.82 Å². The van der Waals surface area contributed by atoms with Gasteiger partial charge in [-0.15, -0.1) is 0 Å². The van der Waals surface area contributed by atoms with Gasteiger partial charge in [0.1, 0.15) is 48.5 Å². The van der Waals surface area contributed by atoms with Crippen molar-refractivity contribution < 1.29 is 48.4 Å². The third-order valence-electron chi connectivity index (χ3n) is 6.86. The Morgan fingerprint density at radius 3 is 2.38 bits per heavy atom. The number of anilines is 2. The van der Waals surface area contributed by atoms with Gasteiger partial charge in [0.2, 0.25) is 5.95 Å². The second kappa shape index (κ2) is 10.6. The lowest BCUT2D eigenvalue weighted by atomic mass is 10.1. The van der Waals surface area contributed by atoms with Crippen molar-refractivity contribution in [2.24, 2.45) is 0 Å². The number of fused-ring (bicyclic) bond motifs is 2. The number of imidazole rings is 2. The van der Waals surface area contributed by atoms with E-state index in [0.29, 0.717) is 0 Å². The maximum atomic E-state index is 12.8. The van der Waals surface area contributed by atoms with Gasteiger partial charge in [-0.05, 0) is 0 Å². The van der Waals surface area contributed by atoms with Crippen LogP contribution < -0.4 is 21.9 Å². The standard InChI is InChI=1S/C20H25N10O11P/c21-14-8-15(24-3-23-14)29(4-25-8)19-12(34)13(6(1-31)39-19)41-42(36,37)38-2-7-10(32)11(33)18(40-7)30-5-26-9-16(30)27-20(22)28-17(9)35/h3-7,10-13,18-19,31-34H,1-2H2,(H,36,37)(H2,21,23,24)(H3,22,27,28,35)/p-1/t6-,7-,10-,11-,12-,13-,18-,19-/m1/s1. The smallest absolute Gasteiger partial charge is 0.280 e. The number of aliphatic hydroxyl groups is 4. The van der Waals surface area contributed by atoms with Crippen LogP contribution in [0.4, 0.5) is 11.8 Å². The first kappa shape index (κ1) is 28.5. The Hall–Kier alpha value is -3.63. The number of nitrogens with one attached hydrogen (secondary N) is 1. The summed E-state index contributed by atoms with van der Waals surface area (Å²) in [6.45, 7) is -1.56. The molecule has 2 aliphatic rings. The molecule has 0 aliphatic carbocycles. The second-order valence-corrected chi connectivity index (χ2v) is 10.8. The number of H-pyrrole nitrogens is 1. The van der Waals surface area contributed by atoms with Crippen molar-refractivity contribution in [2.45, 2.75) is 49.1 Å². The monoisotopic (exact) mass is 611 g/mol. The maximum absolute atomic E-state index is 12.8. The number of nitrogen functional groups attached to an aromatic ring is 2. The number of nitrogens with zero attached hydrogens (tertiary/aromatic N) is 7. The molecule has 2 saturated heterocycles. The normalized spacial score (nSPS) is 31.3. The highest BCUT2D eigenvalue weighted by Gasteiger charge is 2.48. The molecule has 6 heterocycles. The summed E-state index contributed by atoms with van der Waals surface area (Å²) in [5.41, 5.74) is 10.9. The minimum Gasteiger partial charge on any atom is -0.756 e. The first-order valence-electron chi connectivity index (χ1n) is 12.2. The molecule has 6 rings (SSSR count). The molecule has 226 valence electrons. The molecule has 21 nitrogen and oxygen atoms in total. The molecule has 1 unspecified atom stereocenters. The SMILES string of the molecule is Nc1nc2c(ncn2[C@@H]2O[C@H](COP(=O)([O-])O[C@H]3[C@@H](O)[C@H](n4cnc5c(N)ncnc54)O[C@@H]3CO)[C@@H](O)[C@H]2O)c(=O)[nH]1. The fourth-order valence-electron chi connectivity index (χ4n) is 4.85. The lowest BCUT2D eigenvalue weighted by Gasteiger charge is -2.30. The number of aliphatic hydroxyl groups excluding tert-OH is 4. The molecule has 4 aromatic rings. The predicted molar refractivity (Wildman–Crippen MR) is 134 cm³/mol. The van der Waals surface area contributed by atoms with Crippen molar-refractivity contribution in [3.63, 3.8) is 0 Å². The molecular weight excluding hydrogens is 587 g/mol. The quantitative estimate of drug-likeness (QED) is 0.0930. The van der Waals surface area contributed by atoms with Crippen molar-refractivity contribution in [2.75, 3.05) is 24.7 Å². The minimum atomic E-state index is -5.26. The molecule has 22 heteroatoms. The zero-order valence-electron chi connectivity index (χ0n) is 21.1. The van der Waals surface area contributed by atoms with E-state index in [-0.39, 0.29) is 34.1 Å². The van der Waals surface area contributed by atoms with Gasteiger partial charge in [0.05, 0.1) is 25.9 Å². The molecule has 0 saturated carbocycles. The van der Waals surface area contributed by atoms with E-state index in [0.717, 1.165) is 17.2 Å². The number of phosphoric ester groups is 1. The van der Waals surface area contributed by atoms with Crippen LogP contribution in [0.1, 0.15) is 12.5 Å². The lowest BCUT2D eigenvalue weighted by molar-refractivity contribution is -0.236. The number of hydrogen-bond donors (Lipinski definition) is 7. The summed E-state index contributed by atoms with van der Waals surface area (Å²) >= 11 is 0. The van der Waals surface area contributed by atoms with Gasteiger partial charge in [-0.25, -0.2) is 19.9 Å². The Labute approximate surface area is 232 Å². The minimum absolute atomic E-state index is 0.0495. The summed E-state index contributed by atoms with van der Waals surface area (Å²) in [7, 11) is -5.26. The van der Waals surface area contributed by atoms with Gasteiger partial charge in [-0.1, -0.05) is 0 Å². The van der Waals surface area contributed by atoms with Crippen molar-refractivity contribution >= 4 is 41.9 Å². The van der Waals surface area contributed by atoms with Crippen LogP contribution in [0, 0.1) is 0 Å². The van der Waals surface area contributed by atoms with Crippen LogP contribution in [0.15, 0.2) is 23.8 Å². The van der Waals surface area contributed by atoms with E-state index in [1.807, 2.05) is 0 Å². The maximum Gasteiger partial charge on any atom is 0.280 e. The van der Waals surface area contributed by atoms with Crippen LogP contribution in [0.5, 0.6) is 0 Å². The number of rotatable bonds is 8. The number of aromatic nitrogens is 8. The van der Waals surface area contributed by atoms with Crippen molar-refractivity contribution in [1.29, 1.82) is 0 Å². The second-order valence-electron chi connectivity index (χ2n) is 9.46. The zero-order valence-corrected chi connectivity index (χ0v) is 22.0. The van der Waals surface area contributed by atoms with E-state index in [1.165, 1.54) is 10.9 Å². The number of nitrogens with two attached hydrogens (primary N) is 2. The van der Waals surface area contributed by atoms with E-state index in [9.17, 15) is 34.7 Å². The fourth-order valence-corrected chi connectivity index (χ4v) is 5.80. The third-order valence-corrected chi connectivity index (χ3v) is 7.83. The molecule has 0 amide bonds. The van der Waals surface area contributed by atoms with E-state index in [2.05, 4.69) is 29.9 Å². The number of hydrogen-bond acceptors (Lipinski definition) is 18. The molecule has 0 bridgehead atoms. The molecule has 9 atom stereocenters. The van der Waals surface area contributed by atoms with Crippen LogP contribution in [0.3, 0.4) is 0 Å². The summed E-state index contributed by atoms with van der Waals surface area (Å²) in [5, 5.41) is 41.7. The summed E-state index contributed by atoms with van der Waals surface area (Å²) in [5.74, 6) is -0.166. The highest BCUT2D eigenvalue weighted by molar-refractivity contribution is 7.45. The van der Waals surface area contributed by atoms with Crippen LogP contribution in [-0.2, 0) is 23.1 Å². The molecule has 0 radical (unpaired) electrons. The van der Waals surface area contributed by atoms with Crippen molar-refractivity contribution in [1.82, 2.24) is 39.0 Å². The molecule has 2 fully saturated rings. The largest absolute Gasteiger partial charge is 0.756 e. The Kier molecular flexibility index (Phi) is 7.17. The average molecular weight is 611 g/mol. The van der Waals surface area contributed by atoms with E-state index >= 15 is 0 Å². The van der Waals surface area contributed by atoms with Crippen LogP contribution in [-0.4, -0.2) is 109 Å². The van der Waals surface area contributed by atoms with Crippen LogP contribution in [0.2, 0.25) is 0 Å². The first-order chi connectivity index (χ1) is 20.0. The van der Waals surface area contributed by atoms with E-state index in [1.54, 1.807) is 0 Å². The Bertz CT molecular complexity index is 1730. The summed E-state index contributed by atoms with van der Waals surface area (Å²) < 4.78 is 36.4. The highest BCUT2D eigenvalue weighted by atomic mass is 31.2. The topological polar surface area (TPSA) is 317 Å². The van der Waals surface area contributed by atoms with E-state index < -0.39 is 75.7 Å². The Morgan fingerprint density at radius 1 is 0.976 bits per heavy atom. The Balaban J connectivity index is 1.14. The molecule has 2 aliphatic heterocycles. The van der Waals surface area contributed by atoms with Crippen LogP contribution in [0.25, 0.3) is 22.3 Å². The molecule has 0 aromatic carbocycles. The van der Waals surface area contributed by atoms with Gasteiger partial charge in [0.15, 0.2) is 35.1 Å². The molecule has 0 spiro atoms. The molecular formula is C20H24N10O11P-. The number of aromatic amines is 1. The van der Waals surface area contributed by atoms with Gasteiger partial charge in [-0.3, -0.25) is 23.5 Å². The average Bonchev–Trinajstić information content (AvgIpc) is 3.69. The third kappa shape index (κ3) is 4.80. The predicted octanol–water partition coefficient (Wildman–Crippen LogP) is -4.14. The summed E-state index contributed by atoms with van der Waals surface area (Å²) in [6, 6.07) is 0. The van der Waals surface area contributed by atoms with Crippen molar-refractivity contribution in [3.05, 3.63) is 29.3 Å². The van der Waals surface area contributed by atoms with Gasteiger partial charge < -0.3 is 55.3 Å². The summed E-state index contributed by atoms with van der Waals surface area (Å²) in [4.78, 5) is 46.9. The molecule has 9 N–H and O–H groups in total. The lowest BCUT2D eigenvalue weighted by Crippen LogP contribution is -2.38. The summed E-state index contributed by atoms with van der Waals surface area (Å²) in [6.07, 6.45) is -8.33. The van der Waals surface area contributed by atoms with Gasteiger partial charge in [0.25, 0.3) is 13.4 Å².